The molecular formula is C14H16N2S. The highest BCUT2D eigenvalue weighted by Crippen LogP contribution is 2.19. The standard InChI is InChI=1S/C14H16N2S/c15-11-12-4-3-6-14(10-12)17-9-7-13-5-1-2-8-16-13/h1-6,8,10H,7,9,11,15H2. The van der Waals surface area contributed by atoms with Crippen molar-refractivity contribution in [2.45, 2.75) is 17.9 Å². The molecule has 0 saturated heterocycles. The first kappa shape index (κ1) is 12.1. The van der Waals surface area contributed by atoms with Gasteiger partial charge < -0.3 is 5.73 Å². The lowest BCUT2D eigenvalue weighted by molar-refractivity contribution is 1.04. The van der Waals surface area contributed by atoms with Crippen LogP contribution in [0.25, 0.3) is 0 Å². The molecule has 2 rings (SSSR count). The quantitative estimate of drug-likeness (QED) is 0.822. The van der Waals surface area contributed by atoms with Crippen molar-refractivity contribution < 1.29 is 0 Å². The van der Waals surface area contributed by atoms with Crippen molar-refractivity contribution in [3.05, 3.63) is 59.9 Å². The van der Waals surface area contributed by atoms with Crippen molar-refractivity contribution in [1.82, 2.24) is 4.98 Å². The lowest BCUT2D eigenvalue weighted by Gasteiger charge is -2.03. The van der Waals surface area contributed by atoms with E-state index in [1.165, 1.54) is 10.5 Å². The number of thioether (sulfide) groups is 1. The number of nitrogens with two attached hydrogens (primary N) is 1. The van der Waals surface area contributed by atoms with Gasteiger partial charge in [-0.2, -0.15) is 0 Å². The summed E-state index contributed by atoms with van der Waals surface area (Å²) in [7, 11) is 0. The first-order valence-corrected chi connectivity index (χ1v) is 6.69. The summed E-state index contributed by atoms with van der Waals surface area (Å²) in [4.78, 5) is 5.59. The Kier molecular flexibility index (Phi) is 4.59. The van der Waals surface area contributed by atoms with Gasteiger partial charge in [0.25, 0.3) is 0 Å². The van der Waals surface area contributed by atoms with Crippen LogP contribution < -0.4 is 5.73 Å². The third kappa shape index (κ3) is 3.88. The van der Waals surface area contributed by atoms with Gasteiger partial charge >= 0.3 is 0 Å². The predicted octanol–water partition coefficient (Wildman–Crippen LogP) is 2.88. The molecule has 0 aliphatic carbocycles. The van der Waals surface area contributed by atoms with Crippen molar-refractivity contribution >= 4 is 11.8 Å². The summed E-state index contributed by atoms with van der Waals surface area (Å²) in [6, 6.07) is 14.4. The van der Waals surface area contributed by atoms with Crippen LogP contribution in [-0.2, 0) is 13.0 Å². The molecule has 1 aromatic heterocycles. The van der Waals surface area contributed by atoms with Gasteiger partial charge in [0, 0.05) is 29.1 Å². The Morgan fingerprint density at radius 2 is 2.06 bits per heavy atom. The van der Waals surface area contributed by atoms with Crippen LogP contribution in [-0.4, -0.2) is 10.7 Å². The third-order valence-corrected chi connectivity index (χ3v) is 3.48. The molecule has 2 nitrogen and oxygen atoms in total. The van der Waals surface area contributed by atoms with E-state index in [0.29, 0.717) is 6.54 Å². The van der Waals surface area contributed by atoms with E-state index in [1.807, 2.05) is 30.1 Å². The van der Waals surface area contributed by atoms with E-state index in [2.05, 4.69) is 35.3 Å². The van der Waals surface area contributed by atoms with Gasteiger partial charge in [0.1, 0.15) is 0 Å². The highest BCUT2D eigenvalue weighted by Gasteiger charge is 1.97. The predicted molar refractivity (Wildman–Crippen MR) is 73.0 cm³/mol. The molecule has 0 fully saturated rings. The second-order valence-corrected chi connectivity index (χ2v) is 4.94. The summed E-state index contributed by atoms with van der Waals surface area (Å²) in [6.07, 6.45) is 2.84. The number of benzene rings is 1. The number of aryl methyl sites for hydroxylation is 1. The zero-order valence-electron chi connectivity index (χ0n) is 9.67. The molecule has 2 N–H and O–H groups in total. The fourth-order valence-electron chi connectivity index (χ4n) is 1.58. The average Bonchev–Trinajstić information content (AvgIpc) is 2.40. The molecule has 0 aliphatic heterocycles. The van der Waals surface area contributed by atoms with E-state index >= 15 is 0 Å². The SMILES string of the molecule is NCc1cccc(SCCc2ccccn2)c1. The molecule has 0 saturated carbocycles. The second kappa shape index (κ2) is 6.42. The molecule has 0 unspecified atom stereocenters. The number of hydrogen-bond acceptors (Lipinski definition) is 3. The molecule has 1 aromatic carbocycles. The summed E-state index contributed by atoms with van der Waals surface area (Å²) in [5, 5.41) is 0. The average molecular weight is 244 g/mol. The fraction of sp³-hybridized carbons (Fsp3) is 0.214. The normalized spacial score (nSPS) is 10.4. The van der Waals surface area contributed by atoms with Crippen molar-refractivity contribution in [2.24, 2.45) is 5.73 Å². The second-order valence-electron chi connectivity index (χ2n) is 3.77. The number of aromatic nitrogens is 1. The summed E-state index contributed by atoms with van der Waals surface area (Å²) >= 11 is 1.85. The van der Waals surface area contributed by atoms with Gasteiger partial charge in [-0.15, -0.1) is 11.8 Å². The van der Waals surface area contributed by atoms with E-state index in [1.54, 1.807) is 0 Å². The smallest absolute Gasteiger partial charge is 0.0411 e. The van der Waals surface area contributed by atoms with Crippen molar-refractivity contribution in [3.63, 3.8) is 0 Å². The van der Waals surface area contributed by atoms with Crippen LogP contribution in [0.1, 0.15) is 11.3 Å². The highest BCUT2D eigenvalue weighted by atomic mass is 32.2. The third-order valence-electron chi connectivity index (χ3n) is 2.49. The zero-order chi connectivity index (χ0) is 11.9. The zero-order valence-corrected chi connectivity index (χ0v) is 10.5. The van der Waals surface area contributed by atoms with Crippen LogP contribution >= 0.6 is 11.8 Å². The minimum Gasteiger partial charge on any atom is -0.326 e. The summed E-state index contributed by atoms with van der Waals surface area (Å²) < 4.78 is 0. The Balaban J connectivity index is 1.86. The van der Waals surface area contributed by atoms with Gasteiger partial charge in [-0.05, 0) is 36.2 Å². The Bertz CT molecular complexity index is 457. The van der Waals surface area contributed by atoms with Gasteiger partial charge in [0.05, 0.1) is 0 Å². The maximum absolute atomic E-state index is 5.62. The molecule has 0 atom stereocenters. The Morgan fingerprint density at radius 1 is 1.12 bits per heavy atom. The Morgan fingerprint density at radius 3 is 2.82 bits per heavy atom. The molecule has 88 valence electrons. The Labute approximate surface area is 106 Å². The molecular weight excluding hydrogens is 228 g/mol. The number of rotatable bonds is 5. The molecule has 3 heteroatoms. The molecule has 17 heavy (non-hydrogen) atoms. The van der Waals surface area contributed by atoms with Gasteiger partial charge in [-0.1, -0.05) is 18.2 Å². The lowest BCUT2D eigenvalue weighted by Crippen LogP contribution is -1.96. The largest absolute Gasteiger partial charge is 0.326 e. The van der Waals surface area contributed by atoms with Gasteiger partial charge in [0.15, 0.2) is 0 Å². The topological polar surface area (TPSA) is 38.9 Å². The number of nitrogens with zero attached hydrogens (tertiary/aromatic N) is 1. The van der Waals surface area contributed by atoms with Crippen LogP contribution in [0.15, 0.2) is 53.6 Å². The number of pyridine rings is 1. The molecule has 0 spiro atoms. The monoisotopic (exact) mass is 244 g/mol. The Hall–Kier alpha value is -1.32. The molecule has 0 amide bonds. The number of hydrogen-bond donors (Lipinski definition) is 1. The summed E-state index contributed by atoms with van der Waals surface area (Å²) in [5.74, 6) is 1.05. The van der Waals surface area contributed by atoms with Gasteiger partial charge in [-0.25, -0.2) is 0 Å². The van der Waals surface area contributed by atoms with E-state index in [0.717, 1.165) is 17.9 Å². The highest BCUT2D eigenvalue weighted by molar-refractivity contribution is 7.99. The van der Waals surface area contributed by atoms with E-state index in [9.17, 15) is 0 Å². The van der Waals surface area contributed by atoms with Crippen LogP contribution in [0.4, 0.5) is 0 Å². The van der Waals surface area contributed by atoms with Crippen molar-refractivity contribution in [1.29, 1.82) is 0 Å². The first-order chi connectivity index (χ1) is 8.38. The maximum Gasteiger partial charge on any atom is 0.0411 e. The van der Waals surface area contributed by atoms with Crippen LogP contribution in [0, 0.1) is 0 Å². The van der Waals surface area contributed by atoms with Crippen molar-refractivity contribution in [2.75, 3.05) is 5.75 Å². The van der Waals surface area contributed by atoms with Gasteiger partial charge in [0.2, 0.25) is 0 Å². The van der Waals surface area contributed by atoms with Crippen molar-refractivity contribution in [3.8, 4) is 0 Å². The minimum absolute atomic E-state index is 0.606. The van der Waals surface area contributed by atoms with Crippen LogP contribution in [0.3, 0.4) is 0 Å². The van der Waals surface area contributed by atoms with Crippen LogP contribution in [0.2, 0.25) is 0 Å². The maximum atomic E-state index is 5.62. The minimum atomic E-state index is 0.606. The first-order valence-electron chi connectivity index (χ1n) is 5.70. The van der Waals surface area contributed by atoms with Crippen LogP contribution in [0.5, 0.6) is 0 Å². The van der Waals surface area contributed by atoms with Gasteiger partial charge in [-0.3, -0.25) is 4.98 Å². The fourth-order valence-corrected chi connectivity index (χ4v) is 2.54. The molecule has 0 aliphatic rings. The van der Waals surface area contributed by atoms with E-state index < -0.39 is 0 Å². The molecule has 1 heterocycles. The molecule has 2 aromatic rings. The van der Waals surface area contributed by atoms with E-state index in [4.69, 9.17) is 5.73 Å². The van der Waals surface area contributed by atoms with E-state index in [-0.39, 0.29) is 0 Å². The lowest BCUT2D eigenvalue weighted by atomic mass is 10.2. The summed E-state index contributed by atoms with van der Waals surface area (Å²) in [6.45, 7) is 0.606. The molecule has 0 radical (unpaired) electrons. The summed E-state index contributed by atoms with van der Waals surface area (Å²) in [5.41, 5.74) is 7.96. The molecule has 0 bridgehead atoms.